The van der Waals surface area contributed by atoms with Crippen molar-refractivity contribution in [1.82, 2.24) is 25.3 Å². The summed E-state index contributed by atoms with van der Waals surface area (Å²) in [5.74, 6) is 0.661. The Morgan fingerprint density at radius 1 is 1.42 bits per heavy atom. The fraction of sp³-hybridized carbons (Fsp3) is 0.688. The summed E-state index contributed by atoms with van der Waals surface area (Å²) in [6.45, 7) is 3.16. The molecular formula is C16H23N5O3. The predicted octanol–water partition coefficient (Wildman–Crippen LogP) is -0.539. The first-order valence-corrected chi connectivity index (χ1v) is 8.48. The number of nitrogens with one attached hydrogen (secondary N) is 2. The standard InChI is InChI=1S/C16H23N5O3/c1-17-14(22)13-7-24-16(8-20(13)6-11-2-3-11)9-21(10-16)15(23)12-4-5-18-19-12/h4-5,11,13H,2-3,6-10H2,1H3,(H,17,22)(H,18,19)/t13-/m1/s1. The second-order valence-electron chi connectivity index (χ2n) is 7.13. The number of carbonyl (C=O) groups excluding carboxylic acids is 2. The summed E-state index contributed by atoms with van der Waals surface area (Å²) < 4.78 is 6.04. The number of ether oxygens (including phenoxy) is 1. The lowest BCUT2D eigenvalue weighted by molar-refractivity contribution is -0.191. The third kappa shape index (κ3) is 2.80. The molecule has 1 atom stereocenters. The first kappa shape index (κ1) is 15.6. The van der Waals surface area contributed by atoms with E-state index in [1.807, 2.05) is 0 Å². The summed E-state index contributed by atoms with van der Waals surface area (Å²) in [4.78, 5) is 28.5. The van der Waals surface area contributed by atoms with Crippen LogP contribution >= 0.6 is 0 Å². The molecule has 1 aromatic rings. The monoisotopic (exact) mass is 333 g/mol. The number of aromatic amines is 1. The van der Waals surface area contributed by atoms with E-state index in [9.17, 15) is 9.59 Å². The van der Waals surface area contributed by atoms with Gasteiger partial charge in [-0.25, -0.2) is 0 Å². The number of rotatable bonds is 4. The Bertz CT molecular complexity index is 622. The first-order valence-electron chi connectivity index (χ1n) is 8.48. The van der Waals surface area contributed by atoms with Gasteiger partial charge in [0, 0.05) is 26.3 Å². The topological polar surface area (TPSA) is 90.6 Å². The van der Waals surface area contributed by atoms with Gasteiger partial charge in [-0.1, -0.05) is 0 Å². The molecule has 0 radical (unpaired) electrons. The number of likely N-dealkylation sites (N-methyl/N-ethyl adjacent to an activating group) is 1. The number of amides is 2. The van der Waals surface area contributed by atoms with Gasteiger partial charge in [-0.2, -0.15) is 5.10 Å². The van der Waals surface area contributed by atoms with E-state index in [0.717, 1.165) is 6.54 Å². The van der Waals surface area contributed by atoms with Crippen LogP contribution in [-0.4, -0.2) is 83.3 Å². The Balaban J connectivity index is 1.40. The van der Waals surface area contributed by atoms with E-state index in [0.29, 0.717) is 37.9 Å². The van der Waals surface area contributed by atoms with Gasteiger partial charge in [-0.15, -0.1) is 0 Å². The molecule has 3 aliphatic rings. The second-order valence-corrected chi connectivity index (χ2v) is 7.13. The summed E-state index contributed by atoms with van der Waals surface area (Å²) in [5, 5.41) is 9.26. The smallest absolute Gasteiger partial charge is 0.272 e. The predicted molar refractivity (Wildman–Crippen MR) is 85.3 cm³/mol. The summed E-state index contributed by atoms with van der Waals surface area (Å²) in [5.41, 5.74) is 0.161. The molecule has 1 aliphatic carbocycles. The molecule has 0 bridgehead atoms. The summed E-state index contributed by atoms with van der Waals surface area (Å²) in [6.07, 6.45) is 4.07. The number of nitrogens with zero attached hydrogens (tertiary/aromatic N) is 3. The van der Waals surface area contributed by atoms with Crippen molar-refractivity contribution in [3.63, 3.8) is 0 Å². The zero-order chi connectivity index (χ0) is 16.7. The zero-order valence-corrected chi connectivity index (χ0v) is 13.8. The van der Waals surface area contributed by atoms with Crippen molar-refractivity contribution in [1.29, 1.82) is 0 Å². The van der Waals surface area contributed by atoms with Crippen LogP contribution in [0.2, 0.25) is 0 Å². The van der Waals surface area contributed by atoms with Crippen molar-refractivity contribution in [2.24, 2.45) is 5.92 Å². The van der Waals surface area contributed by atoms with Crippen LogP contribution < -0.4 is 5.32 Å². The van der Waals surface area contributed by atoms with Gasteiger partial charge < -0.3 is 15.0 Å². The largest absolute Gasteiger partial charge is 0.368 e. The molecule has 8 heteroatoms. The van der Waals surface area contributed by atoms with Crippen molar-refractivity contribution in [2.45, 2.75) is 24.5 Å². The molecule has 1 spiro atoms. The van der Waals surface area contributed by atoms with Gasteiger partial charge in [0.25, 0.3) is 5.91 Å². The molecule has 2 aliphatic heterocycles. The van der Waals surface area contributed by atoms with Crippen LogP contribution in [0.3, 0.4) is 0 Å². The maximum absolute atomic E-state index is 12.3. The molecule has 2 amide bonds. The SMILES string of the molecule is CNC(=O)[C@H]1COC2(CN(C(=O)c3ccn[nH]3)C2)CN1CC1CC1. The van der Waals surface area contributed by atoms with E-state index in [1.54, 1.807) is 24.2 Å². The van der Waals surface area contributed by atoms with Crippen LogP contribution in [0.4, 0.5) is 0 Å². The molecule has 24 heavy (non-hydrogen) atoms. The molecule has 2 N–H and O–H groups in total. The Morgan fingerprint density at radius 3 is 2.83 bits per heavy atom. The fourth-order valence-electron chi connectivity index (χ4n) is 3.65. The van der Waals surface area contributed by atoms with Gasteiger partial charge >= 0.3 is 0 Å². The molecule has 1 aromatic heterocycles. The Labute approximate surface area is 140 Å². The second kappa shape index (κ2) is 5.86. The van der Waals surface area contributed by atoms with Gasteiger partial charge in [0.15, 0.2) is 0 Å². The molecule has 0 aromatic carbocycles. The van der Waals surface area contributed by atoms with Gasteiger partial charge in [0.05, 0.1) is 19.7 Å². The minimum Gasteiger partial charge on any atom is -0.368 e. The maximum Gasteiger partial charge on any atom is 0.272 e. The van der Waals surface area contributed by atoms with E-state index >= 15 is 0 Å². The van der Waals surface area contributed by atoms with Crippen molar-refractivity contribution in [3.8, 4) is 0 Å². The first-order chi connectivity index (χ1) is 11.6. The fourth-order valence-corrected chi connectivity index (χ4v) is 3.65. The lowest BCUT2D eigenvalue weighted by Crippen LogP contribution is -2.73. The van der Waals surface area contributed by atoms with E-state index < -0.39 is 0 Å². The number of hydrogen-bond acceptors (Lipinski definition) is 5. The van der Waals surface area contributed by atoms with Crippen LogP contribution in [-0.2, 0) is 9.53 Å². The van der Waals surface area contributed by atoms with E-state index in [2.05, 4.69) is 20.4 Å². The van der Waals surface area contributed by atoms with Gasteiger partial charge in [0.2, 0.25) is 5.91 Å². The lowest BCUT2D eigenvalue weighted by atomic mass is 9.89. The Hall–Kier alpha value is -1.93. The normalized spacial score (nSPS) is 26.2. The highest BCUT2D eigenvalue weighted by molar-refractivity contribution is 5.93. The van der Waals surface area contributed by atoms with E-state index in [-0.39, 0.29) is 23.5 Å². The van der Waals surface area contributed by atoms with Gasteiger partial charge in [-0.05, 0) is 24.8 Å². The average Bonchev–Trinajstić information content (AvgIpc) is 3.20. The molecule has 1 saturated carbocycles. The number of H-pyrrole nitrogens is 1. The van der Waals surface area contributed by atoms with Crippen LogP contribution in [0.25, 0.3) is 0 Å². The summed E-state index contributed by atoms with van der Waals surface area (Å²) in [6, 6.07) is 1.45. The van der Waals surface area contributed by atoms with E-state index in [1.165, 1.54) is 12.8 Å². The van der Waals surface area contributed by atoms with Crippen LogP contribution in [0.1, 0.15) is 23.3 Å². The minimum atomic E-state index is -0.338. The van der Waals surface area contributed by atoms with E-state index in [4.69, 9.17) is 4.74 Å². The minimum absolute atomic E-state index is 0.00946. The third-order valence-electron chi connectivity index (χ3n) is 5.19. The van der Waals surface area contributed by atoms with Crippen molar-refractivity contribution in [2.75, 3.05) is 39.8 Å². The summed E-state index contributed by atoms with van der Waals surface area (Å²) in [7, 11) is 1.66. The highest BCUT2D eigenvalue weighted by Gasteiger charge is 2.52. The average molecular weight is 333 g/mol. The number of morpholine rings is 1. The highest BCUT2D eigenvalue weighted by Crippen LogP contribution is 2.36. The summed E-state index contributed by atoms with van der Waals surface area (Å²) >= 11 is 0. The molecule has 3 heterocycles. The van der Waals surface area contributed by atoms with Crippen LogP contribution in [0, 0.1) is 5.92 Å². The van der Waals surface area contributed by atoms with Crippen molar-refractivity contribution >= 4 is 11.8 Å². The quantitative estimate of drug-likeness (QED) is 0.772. The molecule has 4 rings (SSSR count). The highest BCUT2D eigenvalue weighted by atomic mass is 16.5. The van der Waals surface area contributed by atoms with Gasteiger partial charge in [0.1, 0.15) is 17.3 Å². The number of aromatic nitrogens is 2. The van der Waals surface area contributed by atoms with Gasteiger partial charge in [-0.3, -0.25) is 19.6 Å². The molecular weight excluding hydrogens is 310 g/mol. The number of likely N-dealkylation sites (tertiary alicyclic amines) is 1. The zero-order valence-electron chi connectivity index (χ0n) is 13.8. The van der Waals surface area contributed by atoms with Crippen molar-refractivity contribution < 1.29 is 14.3 Å². The maximum atomic E-state index is 12.3. The molecule has 0 unspecified atom stereocenters. The van der Waals surface area contributed by atoms with Crippen molar-refractivity contribution in [3.05, 3.63) is 18.0 Å². The molecule has 130 valence electrons. The number of carbonyl (C=O) groups is 2. The van der Waals surface area contributed by atoms with Crippen LogP contribution in [0.5, 0.6) is 0 Å². The number of hydrogen-bond donors (Lipinski definition) is 2. The Morgan fingerprint density at radius 2 is 2.21 bits per heavy atom. The lowest BCUT2D eigenvalue weighted by Gasteiger charge is -2.55. The molecule has 2 saturated heterocycles. The molecule has 3 fully saturated rings. The van der Waals surface area contributed by atoms with Crippen LogP contribution in [0.15, 0.2) is 12.3 Å². The third-order valence-corrected chi connectivity index (χ3v) is 5.19. The Kier molecular flexibility index (Phi) is 3.80. The molecule has 8 nitrogen and oxygen atoms in total.